The second kappa shape index (κ2) is 5.41. The highest BCUT2D eigenvalue weighted by Crippen LogP contribution is 2.24. The minimum absolute atomic E-state index is 0.117. The average molecular weight is 313 g/mol. The molecule has 18 heavy (non-hydrogen) atoms. The Bertz CT molecular complexity index is 578. The molecule has 1 heterocycles. The first-order valence-corrected chi connectivity index (χ1v) is 5.95. The maximum Gasteiger partial charge on any atom is 0.322 e. The Morgan fingerprint density at radius 1 is 1.44 bits per heavy atom. The van der Waals surface area contributed by atoms with Crippen LogP contribution in [0.25, 0.3) is 0 Å². The van der Waals surface area contributed by atoms with E-state index in [1.807, 2.05) is 0 Å². The summed E-state index contributed by atoms with van der Waals surface area (Å²) >= 11 is 3.07. The van der Waals surface area contributed by atoms with Gasteiger partial charge < -0.3 is 9.84 Å². The molecular formula is C12H10BrFN2O2. The monoisotopic (exact) mass is 312 g/mol. The third-order valence-electron chi connectivity index (χ3n) is 2.33. The Labute approximate surface area is 112 Å². The maximum atomic E-state index is 13.0. The molecule has 0 spiro atoms. The molecule has 0 saturated carbocycles. The van der Waals surface area contributed by atoms with Gasteiger partial charge in [-0.1, -0.05) is 0 Å². The second-order valence-electron chi connectivity index (χ2n) is 3.60. The largest absolute Gasteiger partial charge is 0.424 e. The number of nitrogens with zero attached hydrogens (tertiary/aromatic N) is 2. The number of aliphatic hydroxyl groups is 1. The molecule has 2 aromatic rings. The van der Waals surface area contributed by atoms with Gasteiger partial charge in [0.15, 0.2) is 0 Å². The van der Waals surface area contributed by atoms with Gasteiger partial charge >= 0.3 is 6.01 Å². The van der Waals surface area contributed by atoms with Crippen molar-refractivity contribution in [3.8, 4) is 11.8 Å². The minimum Gasteiger partial charge on any atom is -0.424 e. The van der Waals surface area contributed by atoms with Crippen LogP contribution in [0, 0.1) is 12.7 Å². The SMILES string of the molecule is Cc1nc(Oc2ccc(F)c(Br)c2)ncc1CO. The average Bonchev–Trinajstić information content (AvgIpc) is 2.34. The summed E-state index contributed by atoms with van der Waals surface area (Å²) in [6, 6.07) is 4.42. The number of aromatic nitrogens is 2. The van der Waals surface area contributed by atoms with Gasteiger partial charge in [0.1, 0.15) is 11.6 Å². The molecule has 0 bridgehead atoms. The van der Waals surface area contributed by atoms with Crippen LogP contribution in [0.3, 0.4) is 0 Å². The lowest BCUT2D eigenvalue weighted by Crippen LogP contribution is -1.98. The predicted molar refractivity (Wildman–Crippen MR) is 66.9 cm³/mol. The van der Waals surface area contributed by atoms with Gasteiger partial charge in [-0.2, -0.15) is 4.98 Å². The molecule has 0 aliphatic rings. The molecular weight excluding hydrogens is 303 g/mol. The summed E-state index contributed by atoms with van der Waals surface area (Å²) in [5, 5.41) is 9.00. The third-order valence-corrected chi connectivity index (χ3v) is 2.94. The van der Waals surface area contributed by atoms with Crippen LogP contribution in [-0.2, 0) is 6.61 Å². The number of hydrogen-bond acceptors (Lipinski definition) is 4. The quantitative estimate of drug-likeness (QED) is 0.946. The Balaban J connectivity index is 2.23. The molecule has 94 valence electrons. The fourth-order valence-electron chi connectivity index (χ4n) is 1.32. The molecule has 4 nitrogen and oxygen atoms in total. The molecule has 0 radical (unpaired) electrons. The number of halogens is 2. The Morgan fingerprint density at radius 2 is 2.22 bits per heavy atom. The molecule has 1 aromatic heterocycles. The molecule has 1 N–H and O–H groups in total. The zero-order chi connectivity index (χ0) is 13.1. The number of ether oxygens (including phenoxy) is 1. The van der Waals surface area contributed by atoms with E-state index < -0.39 is 0 Å². The van der Waals surface area contributed by atoms with Crippen molar-refractivity contribution in [1.82, 2.24) is 9.97 Å². The van der Waals surface area contributed by atoms with Crippen molar-refractivity contribution in [3.05, 3.63) is 45.9 Å². The highest BCUT2D eigenvalue weighted by atomic mass is 79.9. The van der Waals surface area contributed by atoms with Gasteiger partial charge in [-0.15, -0.1) is 0 Å². The molecule has 0 atom stereocenters. The molecule has 6 heteroatoms. The molecule has 0 aliphatic heterocycles. The van der Waals surface area contributed by atoms with Crippen molar-refractivity contribution < 1.29 is 14.2 Å². The van der Waals surface area contributed by atoms with E-state index in [2.05, 4.69) is 25.9 Å². The lowest BCUT2D eigenvalue weighted by atomic mass is 10.3. The van der Waals surface area contributed by atoms with Crippen LogP contribution in [0.15, 0.2) is 28.9 Å². The lowest BCUT2D eigenvalue weighted by molar-refractivity contribution is 0.279. The number of hydrogen-bond donors (Lipinski definition) is 1. The van der Waals surface area contributed by atoms with Crippen LogP contribution < -0.4 is 4.74 Å². The Hall–Kier alpha value is -1.53. The molecule has 0 saturated heterocycles. The van der Waals surface area contributed by atoms with E-state index >= 15 is 0 Å². The second-order valence-corrected chi connectivity index (χ2v) is 4.45. The molecule has 1 aromatic carbocycles. The first-order valence-electron chi connectivity index (χ1n) is 5.16. The van der Waals surface area contributed by atoms with Crippen LogP contribution in [0.4, 0.5) is 4.39 Å². The molecule has 0 amide bonds. The molecule has 2 rings (SSSR count). The van der Waals surface area contributed by atoms with Crippen LogP contribution in [-0.4, -0.2) is 15.1 Å². The predicted octanol–water partition coefficient (Wildman–Crippen LogP) is 2.97. The maximum absolute atomic E-state index is 13.0. The molecule has 0 fully saturated rings. The van der Waals surface area contributed by atoms with Gasteiger partial charge in [0, 0.05) is 11.8 Å². The summed E-state index contributed by atoms with van der Waals surface area (Å²) < 4.78 is 18.7. The summed E-state index contributed by atoms with van der Waals surface area (Å²) in [4.78, 5) is 8.04. The van der Waals surface area contributed by atoms with Gasteiger partial charge in [0.25, 0.3) is 0 Å². The van der Waals surface area contributed by atoms with Crippen LogP contribution >= 0.6 is 15.9 Å². The lowest BCUT2D eigenvalue weighted by Gasteiger charge is -2.06. The van der Waals surface area contributed by atoms with Crippen molar-refractivity contribution in [3.63, 3.8) is 0 Å². The summed E-state index contributed by atoms with van der Waals surface area (Å²) in [5.41, 5.74) is 1.28. The van der Waals surface area contributed by atoms with E-state index in [1.165, 1.54) is 24.4 Å². The summed E-state index contributed by atoms with van der Waals surface area (Å²) in [5.74, 6) is 0.0644. The first kappa shape index (κ1) is 12.9. The number of aliphatic hydroxyl groups excluding tert-OH is 1. The van der Waals surface area contributed by atoms with Crippen LogP contribution in [0.2, 0.25) is 0 Å². The van der Waals surface area contributed by atoms with E-state index in [1.54, 1.807) is 6.92 Å². The van der Waals surface area contributed by atoms with Crippen LogP contribution in [0.1, 0.15) is 11.3 Å². The topological polar surface area (TPSA) is 55.2 Å². The van der Waals surface area contributed by atoms with E-state index in [0.29, 0.717) is 21.5 Å². The number of benzene rings is 1. The van der Waals surface area contributed by atoms with Gasteiger partial charge in [-0.3, -0.25) is 0 Å². The fraction of sp³-hybridized carbons (Fsp3) is 0.167. The van der Waals surface area contributed by atoms with Crippen molar-refractivity contribution >= 4 is 15.9 Å². The van der Waals surface area contributed by atoms with Gasteiger partial charge in [-0.05, 0) is 41.1 Å². The standard InChI is InChI=1S/C12H10BrFN2O2/c1-7-8(6-17)5-15-12(16-7)18-9-2-3-11(14)10(13)4-9/h2-5,17H,6H2,1H3. The summed E-state index contributed by atoms with van der Waals surface area (Å²) in [7, 11) is 0. The smallest absolute Gasteiger partial charge is 0.322 e. The van der Waals surface area contributed by atoms with Gasteiger partial charge in [-0.25, -0.2) is 9.37 Å². The van der Waals surface area contributed by atoms with Crippen molar-refractivity contribution in [2.45, 2.75) is 13.5 Å². The van der Waals surface area contributed by atoms with Gasteiger partial charge in [0.05, 0.1) is 16.8 Å². The fourth-order valence-corrected chi connectivity index (χ4v) is 1.68. The third kappa shape index (κ3) is 2.83. The van der Waals surface area contributed by atoms with Crippen molar-refractivity contribution in [1.29, 1.82) is 0 Å². The van der Waals surface area contributed by atoms with E-state index in [4.69, 9.17) is 9.84 Å². The van der Waals surface area contributed by atoms with E-state index in [-0.39, 0.29) is 18.4 Å². The van der Waals surface area contributed by atoms with Gasteiger partial charge in [0.2, 0.25) is 0 Å². The molecule has 0 unspecified atom stereocenters. The van der Waals surface area contributed by atoms with Crippen LogP contribution in [0.5, 0.6) is 11.8 Å². The summed E-state index contributed by atoms with van der Waals surface area (Å²) in [6.07, 6.45) is 1.50. The number of aryl methyl sites for hydroxylation is 1. The molecule has 0 aliphatic carbocycles. The van der Waals surface area contributed by atoms with E-state index in [0.717, 1.165) is 0 Å². The minimum atomic E-state index is -0.366. The normalized spacial score (nSPS) is 10.4. The number of rotatable bonds is 3. The first-order chi connectivity index (χ1) is 8.60. The van der Waals surface area contributed by atoms with Crippen molar-refractivity contribution in [2.24, 2.45) is 0 Å². The summed E-state index contributed by atoms with van der Waals surface area (Å²) in [6.45, 7) is 1.63. The highest BCUT2D eigenvalue weighted by Gasteiger charge is 2.06. The van der Waals surface area contributed by atoms with Crippen molar-refractivity contribution in [2.75, 3.05) is 0 Å². The van der Waals surface area contributed by atoms with E-state index in [9.17, 15) is 4.39 Å². The zero-order valence-corrected chi connectivity index (χ0v) is 11.1. The zero-order valence-electron chi connectivity index (χ0n) is 9.52. The highest BCUT2D eigenvalue weighted by molar-refractivity contribution is 9.10. The Kier molecular flexibility index (Phi) is 3.88. The Morgan fingerprint density at radius 3 is 2.83 bits per heavy atom.